The number of hydrogen-bond acceptors (Lipinski definition) is 3. The van der Waals surface area contributed by atoms with Crippen LogP contribution in [0.25, 0.3) is 0 Å². The zero-order valence-electron chi connectivity index (χ0n) is 6.01. The average molecular weight is 148 g/mol. The van der Waals surface area contributed by atoms with Crippen LogP contribution in [0.4, 0.5) is 0 Å². The molecule has 11 heavy (non-hydrogen) atoms. The van der Waals surface area contributed by atoms with Gasteiger partial charge in [-0.15, -0.1) is 0 Å². The first-order valence-corrected chi connectivity index (χ1v) is 2.65. The predicted octanol–water partition coefficient (Wildman–Crippen LogP) is -5.00. The van der Waals surface area contributed by atoms with E-state index in [-0.39, 0.29) is 25.3 Å². The van der Waals surface area contributed by atoms with Gasteiger partial charge in [-0.3, -0.25) is 0 Å². The van der Waals surface area contributed by atoms with Crippen molar-refractivity contribution >= 4 is 5.97 Å². The molecule has 0 unspecified atom stereocenters. The van der Waals surface area contributed by atoms with Crippen molar-refractivity contribution < 1.29 is 28.8 Å². The molecule has 0 fully saturated rings. The van der Waals surface area contributed by atoms with Crippen LogP contribution in [0.15, 0.2) is 11.0 Å². The molecule has 0 aliphatic carbocycles. The summed E-state index contributed by atoms with van der Waals surface area (Å²) in [4.78, 5) is 24.8. The predicted molar refractivity (Wildman–Crippen MR) is 30.1 cm³/mol. The molecule has 1 aromatic heterocycles. The number of carboxylic acid groups (broad SMARTS) is 1. The van der Waals surface area contributed by atoms with Crippen molar-refractivity contribution in [2.75, 3.05) is 0 Å². The Morgan fingerprint density at radius 3 is 2.64 bits per heavy atom. The first-order valence-electron chi connectivity index (χ1n) is 2.65. The Balaban J connectivity index is 0.000001000. The van der Waals surface area contributed by atoms with Crippen LogP contribution in [0.2, 0.25) is 0 Å². The number of carboxylic acids is 1. The van der Waals surface area contributed by atoms with E-state index in [9.17, 15) is 14.7 Å². The maximum atomic E-state index is 10.3. The molecule has 0 bridgehead atoms. The Bertz CT molecular complexity index is 290. The Kier molecular flexibility index (Phi) is 3.72. The molecule has 0 atom stereocenters. The molecule has 2 N–H and O–H groups in total. The van der Waals surface area contributed by atoms with Gasteiger partial charge in [-0.1, -0.05) is 0 Å². The maximum absolute atomic E-state index is 10.3. The van der Waals surface area contributed by atoms with Crippen molar-refractivity contribution in [3.8, 4) is 0 Å². The van der Waals surface area contributed by atoms with Gasteiger partial charge in [-0.25, -0.2) is 4.79 Å². The van der Waals surface area contributed by atoms with E-state index >= 15 is 0 Å². The number of H-pyrrole nitrogens is 2. The Morgan fingerprint density at radius 1 is 1.64 bits per heavy atom. The minimum atomic E-state index is -1.21. The van der Waals surface area contributed by atoms with Crippen molar-refractivity contribution in [1.29, 1.82) is 0 Å². The summed E-state index contributed by atoms with van der Waals surface area (Å²) in [6.45, 7) is 0. The third kappa shape index (κ3) is 3.12. The zero-order chi connectivity index (χ0) is 7.56. The fourth-order valence-electron chi connectivity index (χ4n) is 0.621. The molecule has 0 saturated carbocycles. The first kappa shape index (κ1) is 10.1. The van der Waals surface area contributed by atoms with Gasteiger partial charge < -0.3 is 19.9 Å². The van der Waals surface area contributed by atoms with Gasteiger partial charge in [0.15, 0.2) is 0 Å². The van der Waals surface area contributed by atoms with Gasteiger partial charge in [0.05, 0.1) is 0 Å². The summed E-state index contributed by atoms with van der Waals surface area (Å²) >= 11 is 0. The third-order valence-corrected chi connectivity index (χ3v) is 0.986. The molecule has 0 spiro atoms. The molecule has 1 aromatic rings. The molecule has 6 heteroatoms. The number of imidazole rings is 1. The molecule has 0 aliphatic heterocycles. The van der Waals surface area contributed by atoms with Crippen molar-refractivity contribution in [2.24, 2.45) is 0 Å². The van der Waals surface area contributed by atoms with E-state index < -0.39 is 11.7 Å². The maximum Gasteiger partial charge on any atom is 1.00 e. The van der Waals surface area contributed by atoms with Gasteiger partial charge in [0.25, 0.3) is 0 Å². The van der Waals surface area contributed by atoms with Gasteiger partial charge in [-0.05, 0) is 0 Å². The molecule has 5 nitrogen and oxygen atoms in total. The van der Waals surface area contributed by atoms with E-state index in [1.54, 1.807) is 0 Å². The second-order valence-corrected chi connectivity index (χ2v) is 1.82. The molecular formula is C5H5LiN2O3. The fraction of sp³-hybridized carbons (Fsp3) is 0.200. The van der Waals surface area contributed by atoms with E-state index in [4.69, 9.17) is 0 Å². The van der Waals surface area contributed by atoms with Crippen LogP contribution < -0.4 is 29.7 Å². The number of aromatic amines is 2. The minimum Gasteiger partial charge on any atom is -0.550 e. The molecular weight excluding hydrogens is 143 g/mol. The van der Waals surface area contributed by atoms with Crippen LogP contribution in [0, 0.1) is 0 Å². The van der Waals surface area contributed by atoms with Crippen molar-refractivity contribution in [1.82, 2.24) is 9.97 Å². The minimum absolute atomic E-state index is 0. The van der Waals surface area contributed by atoms with Crippen molar-refractivity contribution in [3.05, 3.63) is 22.4 Å². The SMILES string of the molecule is O=C([O-])Cc1c[nH]c(=O)[nH]1.[Li+]. The van der Waals surface area contributed by atoms with Gasteiger partial charge in [0.1, 0.15) is 0 Å². The van der Waals surface area contributed by atoms with Crippen molar-refractivity contribution in [2.45, 2.75) is 6.42 Å². The summed E-state index contributed by atoms with van der Waals surface area (Å²) in [6.07, 6.45) is 1.04. The average Bonchev–Trinajstić information content (AvgIpc) is 2.13. The Morgan fingerprint density at radius 2 is 2.27 bits per heavy atom. The van der Waals surface area contributed by atoms with Crippen LogP contribution in [0.5, 0.6) is 0 Å². The largest absolute Gasteiger partial charge is 1.00 e. The summed E-state index contributed by atoms with van der Waals surface area (Å²) in [5.41, 5.74) is -0.0822. The fourth-order valence-corrected chi connectivity index (χ4v) is 0.621. The summed E-state index contributed by atoms with van der Waals surface area (Å²) in [5, 5.41) is 9.93. The molecule has 0 aromatic carbocycles. The second-order valence-electron chi connectivity index (χ2n) is 1.82. The normalized spacial score (nSPS) is 8.73. The summed E-state index contributed by atoms with van der Waals surface area (Å²) in [7, 11) is 0. The van der Waals surface area contributed by atoms with Crippen LogP contribution in [0.1, 0.15) is 5.69 Å². The van der Waals surface area contributed by atoms with Crippen LogP contribution in [0.3, 0.4) is 0 Å². The monoisotopic (exact) mass is 148 g/mol. The first-order chi connectivity index (χ1) is 4.68. The number of nitrogens with one attached hydrogen (secondary N) is 2. The summed E-state index contributed by atoms with van der Waals surface area (Å²) in [5.74, 6) is -1.21. The van der Waals surface area contributed by atoms with Gasteiger partial charge in [0, 0.05) is 24.3 Å². The molecule has 0 aliphatic rings. The molecule has 0 radical (unpaired) electrons. The molecule has 0 amide bonds. The van der Waals surface area contributed by atoms with Crippen LogP contribution in [-0.4, -0.2) is 15.9 Å². The molecule has 1 heterocycles. The smallest absolute Gasteiger partial charge is 0.550 e. The number of carbonyl (C=O) groups is 1. The topological polar surface area (TPSA) is 88.8 Å². The molecule has 0 saturated heterocycles. The second kappa shape index (κ2) is 4.06. The van der Waals surface area contributed by atoms with Crippen LogP contribution >= 0.6 is 0 Å². The van der Waals surface area contributed by atoms with Gasteiger partial charge >= 0.3 is 24.6 Å². The van der Waals surface area contributed by atoms with Gasteiger partial charge in [-0.2, -0.15) is 0 Å². The van der Waals surface area contributed by atoms with E-state index in [2.05, 4.69) is 9.97 Å². The molecule has 1 rings (SSSR count). The number of hydrogen-bond donors (Lipinski definition) is 2. The van der Waals surface area contributed by atoms with E-state index in [1.165, 1.54) is 6.20 Å². The van der Waals surface area contributed by atoms with E-state index in [0.29, 0.717) is 5.69 Å². The Hall–Kier alpha value is -0.923. The summed E-state index contributed by atoms with van der Waals surface area (Å²) in [6, 6.07) is 0. The quantitative estimate of drug-likeness (QED) is 0.411. The molecule has 54 valence electrons. The summed E-state index contributed by atoms with van der Waals surface area (Å²) < 4.78 is 0. The van der Waals surface area contributed by atoms with Crippen LogP contribution in [-0.2, 0) is 11.2 Å². The number of aliphatic carboxylic acids is 1. The zero-order valence-corrected chi connectivity index (χ0v) is 6.01. The number of rotatable bonds is 2. The van der Waals surface area contributed by atoms with Crippen molar-refractivity contribution in [3.63, 3.8) is 0 Å². The van der Waals surface area contributed by atoms with E-state index in [1.807, 2.05) is 0 Å². The Labute approximate surface area is 74.0 Å². The standard InChI is InChI=1S/C5H6N2O3.Li/c8-4(9)1-3-2-6-5(10)7-3;/h2H,1H2,(H,8,9)(H2,6,7,10);/q;+1/p-1. The third-order valence-electron chi connectivity index (χ3n) is 0.986. The number of aromatic nitrogens is 2. The number of carbonyl (C=O) groups excluding carboxylic acids is 1. The van der Waals surface area contributed by atoms with E-state index in [0.717, 1.165) is 0 Å². The van der Waals surface area contributed by atoms with Gasteiger partial charge in [0.2, 0.25) is 0 Å².